The molecular weight excluding hydrogens is 260 g/mol. The molecule has 0 atom stereocenters. The van der Waals surface area contributed by atoms with Crippen molar-refractivity contribution in [1.29, 1.82) is 0 Å². The number of rotatable bonds is 8. The first kappa shape index (κ1) is 13.4. The predicted molar refractivity (Wildman–Crippen MR) is 63.6 cm³/mol. The summed E-state index contributed by atoms with van der Waals surface area (Å²) in [4.78, 5) is 0. The first-order valence-electron chi connectivity index (χ1n) is 5.59. The molecule has 0 heterocycles. The number of hydrogen-bond donors (Lipinski definition) is 0. The Morgan fingerprint density at radius 1 is 1.07 bits per heavy atom. The van der Waals surface area contributed by atoms with Gasteiger partial charge in [-0.15, -0.1) is 0 Å². The van der Waals surface area contributed by atoms with Crippen LogP contribution in [0.15, 0.2) is 0 Å². The molecule has 1 fully saturated rings. The maximum Gasteiger partial charge on any atom is 0.0780 e. The van der Waals surface area contributed by atoms with Gasteiger partial charge in [0, 0.05) is 12.4 Å². The average Bonchev–Trinajstić information content (AvgIpc) is 2.73. The summed E-state index contributed by atoms with van der Waals surface area (Å²) in [7, 11) is 1.68. The van der Waals surface area contributed by atoms with Crippen LogP contribution in [-0.2, 0) is 14.2 Å². The SMILES string of the molecule is COCCOCCOC1(CBr)CCCC1. The minimum Gasteiger partial charge on any atom is -0.382 e. The number of alkyl halides is 1. The molecule has 15 heavy (non-hydrogen) atoms. The van der Waals surface area contributed by atoms with E-state index in [0.717, 1.165) is 5.33 Å². The van der Waals surface area contributed by atoms with Crippen molar-refractivity contribution in [2.75, 3.05) is 38.9 Å². The van der Waals surface area contributed by atoms with Crippen LogP contribution in [0.4, 0.5) is 0 Å². The molecule has 0 radical (unpaired) electrons. The molecule has 0 unspecified atom stereocenters. The summed E-state index contributed by atoms with van der Waals surface area (Å²) in [5, 5.41) is 0.943. The van der Waals surface area contributed by atoms with Gasteiger partial charge >= 0.3 is 0 Å². The Bertz CT molecular complexity index is 158. The standard InChI is InChI=1S/C11H21BrO3/c1-13-6-7-14-8-9-15-11(10-12)4-2-3-5-11/h2-10H2,1H3. The molecule has 90 valence electrons. The van der Waals surface area contributed by atoms with Crippen molar-refractivity contribution in [3.05, 3.63) is 0 Å². The normalized spacial score (nSPS) is 19.6. The zero-order valence-corrected chi connectivity index (χ0v) is 11.1. The lowest BCUT2D eigenvalue weighted by molar-refractivity contribution is -0.0529. The molecule has 0 aromatic heterocycles. The first-order valence-corrected chi connectivity index (χ1v) is 6.72. The summed E-state index contributed by atoms with van der Waals surface area (Å²) in [5.74, 6) is 0. The summed E-state index contributed by atoms with van der Waals surface area (Å²) in [6.07, 6.45) is 4.93. The Hall–Kier alpha value is 0.360. The van der Waals surface area contributed by atoms with Crippen molar-refractivity contribution < 1.29 is 14.2 Å². The van der Waals surface area contributed by atoms with Crippen LogP contribution in [0.25, 0.3) is 0 Å². The fourth-order valence-electron chi connectivity index (χ4n) is 1.90. The predicted octanol–water partition coefficient (Wildman–Crippen LogP) is 2.37. The monoisotopic (exact) mass is 280 g/mol. The van der Waals surface area contributed by atoms with Gasteiger partial charge in [0.25, 0.3) is 0 Å². The molecule has 1 aliphatic rings. The lowest BCUT2D eigenvalue weighted by atomic mass is 10.1. The molecule has 4 heteroatoms. The maximum atomic E-state index is 5.91. The third kappa shape index (κ3) is 4.81. The second-order valence-corrected chi connectivity index (χ2v) is 4.54. The molecule has 1 aliphatic carbocycles. The summed E-state index contributed by atoms with van der Waals surface area (Å²) in [5.41, 5.74) is 0.0879. The second-order valence-electron chi connectivity index (χ2n) is 3.98. The molecule has 3 nitrogen and oxygen atoms in total. The van der Waals surface area contributed by atoms with Gasteiger partial charge < -0.3 is 14.2 Å². The van der Waals surface area contributed by atoms with E-state index in [2.05, 4.69) is 15.9 Å². The van der Waals surface area contributed by atoms with E-state index in [4.69, 9.17) is 14.2 Å². The van der Waals surface area contributed by atoms with E-state index in [1.54, 1.807) is 7.11 Å². The Morgan fingerprint density at radius 2 is 1.73 bits per heavy atom. The molecule has 0 bridgehead atoms. The van der Waals surface area contributed by atoms with Crippen LogP contribution in [0.5, 0.6) is 0 Å². The van der Waals surface area contributed by atoms with Crippen molar-refractivity contribution in [1.82, 2.24) is 0 Å². The van der Waals surface area contributed by atoms with Gasteiger partial charge in [-0.1, -0.05) is 28.8 Å². The number of hydrogen-bond acceptors (Lipinski definition) is 3. The van der Waals surface area contributed by atoms with Gasteiger partial charge in [0.15, 0.2) is 0 Å². The summed E-state index contributed by atoms with van der Waals surface area (Å²) in [6, 6.07) is 0. The number of ether oxygens (including phenoxy) is 3. The van der Waals surface area contributed by atoms with Gasteiger partial charge in [0.1, 0.15) is 0 Å². The van der Waals surface area contributed by atoms with Crippen molar-refractivity contribution in [2.45, 2.75) is 31.3 Å². The highest BCUT2D eigenvalue weighted by Crippen LogP contribution is 2.34. The Kier molecular flexibility index (Phi) is 6.81. The summed E-state index contributed by atoms with van der Waals surface area (Å²) in [6.45, 7) is 2.66. The lowest BCUT2D eigenvalue weighted by Crippen LogP contribution is -2.32. The topological polar surface area (TPSA) is 27.7 Å². The smallest absolute Gasteiger partial charge is 0.0780 e. The molecular formula is C11H21BrO3. The van der Waals surface area contributed by atoms with E-state index in [-0.39, 0.29) is 5.60 Å². The van der Waals surface area contributed by atoms with Crippen LogP contribution in [0, 0.1) is 0 Å². The van der Waals surface area contributed by atoms with Crippen molar-refractivity contribution >= 4 is 15.9 Å². The molecule has 0 saturated heterocycles. The quantitative estimate of drug-likeness (QED) is 0.505. The highest BCUT2D eigenvalue weighted by Gasteiger charge is 2.33. The van der Waals surface area contributed by atoms with E-state index in [0.29, 0.717) is 26.4 Å². The third-order valence-corrected chi connectivity index (χ3v) is 3.85. The largest absolute Gasteiger partial charge is 0.382 e. The Balaban J connectivity index is 2.02. The first-order chi connectivity index (χ1) is 7.33. The fourth-order valence-corrected chi connectivity index (χ4v) is 2.62. The highest BCUT2D eigenvalue weighted by atomic mass is 79.9. The van der Waals surface area contributed by atoms with Crippen molar-refractivity contribution in [3.63, 3.8) is 0 Å². The summed E-state index contributed by atoms with van der Waals surface area (Å²) < 4.78 is 16.2. The molecule has 1 saturated carbocycles. The fraction of sp³-hybridized carbons (Fsp3) is 1.00. The van der Waals surface area contributed by atoms with E-state index in [1.165, 1.54) is 25.7 Å². The van der Waals surface area contributed by atoms with Crippen LogP contribution in [0.1, 0.15) is 25.7 Å². The minimum atomic E-state index is 0.0879. The van der Waals surface area contributed by atoms with Gasteiger partial charge in [0.2, 0.25) is 0 Å². The third-order valence-electron chi connectivity index (χ3n) is 2.83. The lowest BCUT2D eigenvalue weighted by Gasteiger charge is -2.26. The molecule has 0 aromatic carbocycles. The maximum absolute atomic E-state index is 5.91. The van der Waals surface area contributed by atoms with E-state index in [9.17, 15) is 0 Å². The second kappa shape index (κ2) is 7.60. The molecule has 0 amide bonds. The zero-order valence-electron chi connectivity index (χ0n) is 9.47. The molecule has 0 aromatic rings. The van der Waals surface area contributed by atoms with E-state index in [1.807, 2.05) is 0 Å². The molecule has 0 aliphatic heterocycles. The van der Waals surface area contributed by atoms with Crippen molar-refractivity contribution in [3.8, 4) is 0 Å². The highest BCUT2D eigenvalue weighted by molar-refractivity contribution is 9.09. The minimum absolute atomic E-state index is 0.0879. The van der Waals surface area contributed by atoms with Gasteiger partial charge in [-0.3, -0.25) is 0 Å². The van der Waals surface area contributed by atoms with Crippen LogP contribution >= 0.6 is 15.9 Å². The average molecular weight is 281 g/mol. The van der Waals surface area contributed by atoms with Crippen molar-refractivity contribution in [2.24, 2.45) is 0 Å². The van der Waals surface area contributed by atoms with E-state index >= 15 is 0 Å². The van der Waals surface area contributed by atoms with Crippen LogP contribution in [0.2, 0.25) is 0 Å². The number of methoxy groups -OCH3 is 1. The van der Waals surface area contributed by atoms with Gasteiger partial charge in [-0.2, -0.15) is 0 Å². The number of halogens is 1. The Morgan fingerprint density at radius 3 is 2.33 bits per heavy atom. The van der Waals surface area contributed by atoms with Crippen LogP contribution in [0.3, 0.4) is 0 Å². The van der Waals surface area contributed by atoms with Crippen LogP contribution < -0.4 is 0 Å². The van der Waals surface area contributed by atoms with Gasteiger partial charge in [-0.25, -0.2) is 0 Å². The molecule has 0 N–H and O–H groups in total. The van der Waals surface area contributed by atoms with Crippen LogP contribution in [-0.4, -0.2) is 44.5 Å². The molecule has 1 rings (SSSR count). The zero-order chi connectivity index (χ0) is 11.0. The van der Waals surface area contributed by atoms with Gasteiger partial charge in [0.05, 0.1) is 32.0 Å². The molecule has 0 spiro atoms. The summed E-state index contributed by atoms with van der Waals surface area (Å²) >= 11 is 3.54. The van der Waals surface area contributed by atoms with E-state index < -0.39 is 0 Å². The van der Waals surface area contributed by atoms with Gasteiger partial charge in [-0.05, 0) is 12.8 Å². The Labute approximate surface area is 101 Å².